The third-order valence-electron chi connectivity index (χ3n) is 2.93. The van der Waals surface area contributed by atoms with E-state index in [4.69, 9.17) is 9.16 Å². The summed E-state index contributed by atoms with van der Waals surface area (Å²) in [7, 11) is -1.76. The molecular weight excluding hydrogens is 228 g/mol. The number of hydrogen-bond donors (Lipinski definition) is 0. The molecule has 0 aromatic carbocycles. The van der Waals surface area contributed by atoms with Crippen LogP contribution in [0.5, 0.6) is 0 Å². The van der Waals surface area contributed by atoms with Gasteiger partial charge in [-0.2, -0.15) is 0 Å². The summed E-state index contributed by atoms with van der Waals surface area (Å²) in [6.07, 6.45) is 4.28. The Morgan fingerprint density at radius 3 is 2.00 bits per heavy atom. The lowest BCUT2D eigenvalue weighted by molar-refractivity contribution is -0.0874. The van der Waals surface area contributed by atoms with Crippen LogP contribution >= 0.6 is 0 Å². The van der Waals surface area contributed by atoms with Crippen molar-refractivity contribution in [3.63, 3.8) is 0 Å². The molecule has 0 aromatic rings. The summed E-state index contributed by atoms with van der Waals surface area (Å²) in [5.74, 6) is 0. The van der Waals surface area contributed by atoms with E-state index in [9.17, 15) is 0 Å². The van der Waals surface area contributed by atoms with Crippen molar-refractivity contribution < 1.29 is 9.16 Å². The molecule has 0 bridgehead atoms. The van der Waals surface area contributed by atoms with Crippen molar-refractivity contribution in [2.45, 2.75) is 71.8 Å². The Morgan fingerprint density at radius 2 is 1.65 bits per heavy atom. The Kier molecular flexibility index (Phi) is 9.79. The summed E-state index contributed by atoms with van der Waals surface area (Å²) >= 11 is 0. The molecule has 0 saturated carbocycles. The zero-order chi connectivity index (χ0) is 13.1. The molecule has 0 aliphatic rings. The molecule has 0 aliphatic heterocycles. The maximum Gasteiger partial charge on any atom is 0.220 e. The normalized spacial score (nSPS) is 13.6. The number of rotatable bonds is 11. The second kappa shape index (κ2) is 9.86. The Labute approximate surface area is 109 Å². The molecule has 0 amide bonds. The fraction of sp³-hybridized carbons (Fsp3) is 0.857. The summed E-state index contributed by atoms with van der Waals surface area (Å²) in [4.78, 5) is 0. The lowest BCUT2D eigenvalue weighted by atomic mass is 10.5. The van der Waals surface area contributed by atoms with E-state index in [1.54, 1.807) is 0 Å². The van der Waals surface area contributed by atoms with Gasteiger partial charge in [-0.05, 0) is 24.9 Å². The highest BCUT2D eigenvalue weighted by Gasteiger charge is 2.32. The van der Waals surface area contributed by atoms with Crippen molar-refractivity contribution >= 4 is 8.32 Å². The van der Waals surface area contributed by atoms with Crippen molar-refractivity contribution in [3.8, 4) is 0 Å². The molecule has 2 nitrogen and oxygen atoms in total. The van der Waals surface area contributed by atoms with Crippen LogP contribution in [0.4, 0.5) is 0 Å². The first-order valence-electron chi connectivity index (χ1n) is 7.10. The lowest BCUT2D eigenvalue weighted by Gasteiger charge is -2.32. The minimum atomic E-state index is -1.76. The average Bonchev–Trinajstić information content (AvgIpc) is 2.34. The molecule has 1 atom stereocenters. The molecule has 3 heteroatoms. The van der Waals surface area contributed by atoms with Crippen molar-refractivity contribution in [2.24, 2.45) is 0 Å². The van der Waals surface area contributed by atoms with Crippen LogP contribution in [0.15, 0.2) is 12.3 Å². The van der Waals surface area contributed by atoms with E-state index in [1.807, 2.05) is 0 Å². The van der Waals surface area contributed by atoms with Gasteiger partial charge in [0.2, 0.25) is 8.32 Å². The predicted octanol–water partition coefficient (Wildman–Crippen LogP) is 4.66. The maximum atomic E-state index is 6.32. The molecule has 0 saturated heterocycles. The van der Waals surface area contributed by atoms with Gasteiger partial charge in [-0.3, -0.25) is 0 Å². The first kappa shape index (κ1) is 16.9. The molecule has 1 unspecified atom stereocenters. The molecule has 0 spiro atoms. The number of hydrogen-bond acceptors (Lipinski definition) is 2. The van der Waals surface area contributed by atoms with Crippen molar-refractivity contribution in [1.29, 1.82) is 0 Å². The topological polar surface area (TPSA) is 18.5 Å². The fourth-order valence-electron chi connectivity index (χ4n) is 2.09. The molecule has 0 fully saturated rings. The van der Waals surface area contributed by atoms with Gasteiger partial charge in [0.05, 0.1) is 0 Å². The zero-order valence-corrected chi connectivity index (χ0v) is 13.1. The monoisotopic (exact) mass is 258 g/mol. The molecule has 0 N–H and O–H groups in total. The summed E-state index contributed by atoms with van der Waals surface area (Å²) in [5, 5.41) is 0. The van der Waals surface area contributed by atoms with Gasteiger partial charge in [-0.1, -0.05) is 46.2 Å². The van der Waals surface area contributed by atoms with Gasteiger partial charge in [-0.25, -0.2) is 0 Å². The first-order chi connectivity index (χ1) is 8.17. The minimum absolute atomic E-state index is 0.0299. The molecule has 0 aliphatic carbocycles. The molecule has 0 radical (unpaired) electrons. The van der Waals surface area contributed by atoms with E-state index >= 15 is 0 Å². The minimum Gasteiger partial charge on any atom is -0.388 e. The summed E-state index contributed by atoms with van der Waals surface area (Å²) < 4.78 is 12.1. The van der Waals surface area contributed by atoms with Gasteiger partial charge < -0.3 is 9.16 Å². The summed E-state index contributed by atoms with van der Waals surface area (Å²) in [6, 6.07) is 2.33. The van der Waals surface area contributed by atoms with Gasteiger partial charge >= 0.3 is 0 Å². The fourth-order valence-corrected chi connectivity index (χ4v) is 5.53. The van der Waals surface area contributed by atoms with Gasteiger partial charge in [0, 0.05) is 6.61 Å². The largest absolute Gasteiger partial charge is 0.388 e. The smallest absolute Gasteiger partial charge is 0.220 e. The summed E-state index contributed by atoms with van der Waals surface area (Å²) in [6.45, 7) is 13.5. The number of ether oxygens (including phenoxy) is 1. The highest BCUT2D eigenvalue weighted by Crippen LogP contribution is 2.25. The highest BCUT2D eigenvalue weighted by molar-refractivity contribution is 6.78. The van der Waals surface area contributed by atoms with Gasteiger partial charge in [-0.15, -0.1) is 6.58 Å². The van der Waals surface area contributed by atoms with E-state index in [-0.39, 0.29) is 6.29 Å². The highest BCUT2D eigenvalue weighted by atomic mass is 28.4. The van der Waals surface area contributed by atoms with Crippen LogP contribution in [0.3, 0.4) is 0 Å². The van der Waals surface area contributed by atoms with E-state index in [0.717, 1.165) is 31.5 Å². The average molecular weight is 258 g/mol. The molecule has 0 aromatic heterocycles. The summed E-state index contributed by atoms with van der Waals surface area (Å²) in [5.41, 5.74) is 2.11. The Hall–Kier alpha value is -0.123. The van der Waals surface area contributed by atoms with Crippen LogP contribution in [-0.4, -0.2) is 21.2 Å². The van der Waals surface area contributed by atoms with Crippen molar-refractivity contribution in [2.75, 3.05) is 6.61 Å². The molecule has 17 heavy (non-hydrogen) atoms. The Bertz CT molecular complexity index is 189. The molecule has 0 rings (SSSR count). The van der Waals surface area contributed by atoms with Gasteiger partial charge in [0.15, 0.2) is 0 Å². The lowest BCUT2D eigenvalue weighted by Crippen LogP contribution is -2.40. The van der Waals surface area contributed by atoms with E-state index in [0.29, 0.717) is 0 Å². The quantitative estimate of drug-likeness (QED) is 0.396. The standard InChI is InChI=1S/C14H30O2Si/c1-6-11-15-14(9-4)16-17(10-5,12-7-2)13-8-3/h10,14H,5-9,11-13H2,1-4H3. The van der Waals surface area contributed by atoms with E-state index in [1.165, 1.54) is 12.8 Å². The second-order valence-corrected chi connectivity index (χ2v) is 8.37. The van der Waals surface area contributed by atoms with Crippen molar-refractivity contribution in [3.05, 3.63) is 12.3 Å². The third-order valence-corrected chi connectivity index (χ3v) is 7.09. The van der Waals surface area contributed by atoms with Crippen LogP contribution < -0.4 is 0 Å². The SMILES string of the molecule is C=C[Si](CCC)(CCC)OC(CC)OCCC. The maximum absolute atomic E-state index is 6.32. The van der Waals surface area contributed by atoms with Gasteiger partial charge in [0.25, 0.3) is 0 Å². The molecular formula is C14H30O2Si. The predicted molar refractivity (Wildman–Crippen MR) is 77.6 cm³/mol. The first-order valence-corrected chi connectivity index (χ1v) is 9.50. The van der Waals surface area contributed by atoms with Crippen LogP contribution in [0, 0.1) is 0 Å². The van der Waals surface area contributed by atoms with Crippen LogP contribution in [0.25, 0.3) is 0 Å². The second-order valence-electron chi connectivity index (χ2n) is 4.60. The van der Waals surface area contributed by atoms with Crippen LogP contribution in [0.1, 0.15) is 53.4 Å². The van der Waals surface area contributed by atoms with Gasteiger partial charge in [0.1, 0.15) is 6.29 Å². The zero-order valence-electron chi connectivity index (χ0n) is 12.1. The Balaban J connectivity index is 4.50. The third kappa shape index (κ3) is 6.39. The Morgan fingerprint density at radius 1 is 1.06 bits per heavy atom. The van der Waals surface area contributed by atoms with E-state index in [2.05, 4.69) is 40.0 Å². The molecule has 102 valence electrons. The van der Waals surface area contributed by atoms with Crippen LogP contribution in [-0.2, 0) is 9.16 Å². The van der Waals surface area contributed by atoms with Crippen LogP contribution in [0.2, 0.25) is 12.1 Å². The molecule has 0 heterocycles. The van der Waals surface area contributed by atoms with Crippen molar-refractivity contribution in [1.82, 2.24) is 0 Å². The van der Waals surface area contributed by atoms with E-state index < -0.39 is 8.32 Å².